The lowest BCUT2D eigenvalue weighted by atomic mass is 9.84. The highest BCUT2D eigenvalue weighted by Crippen LogP contribution is 2.29. The van der Waals surface area contributed by atoms with Gasteiger partial charge in [0.25, 0.3) is 0 Å². The second-order valence-electron chi connectivity index (χ2n) is 2.51. The van der Waals surface area contributed by atoms with Crippen LogP contribution in [0.25, 0.3) is 0 Å². The van der Waals surface area contributed by atoms with Crippen molar-refractivity contribution >= 4 is 0 Å². The van der Waals surface area contributed by atoms with E-state index >= 15 is 0 Å². The number of benzene rings is 1. The molecule has 0 aromatic heterocycles. The molecule has 0 amide bonds. The lowest BCUT2D eigenvalue weighted by Gasteiger charge is -2.25. The molecule has 1 heteroatoms. The number of nitrogens with two attached hydrogens (primary N) is 1. The molecule has 0 aliphatic heterocycles. The van der Waals surface area contributed by atoms with E-state index in [-0.39, 0.29) is 0 Å². The van der Waals surface area contributed by atoms with Crippen molar-refractivity contribution in [3.63, 3.8) is 0 Å². The third-order valence-electron chi connectivity index (χ3n) is 1.89. The van der Waals surface area contributed by atoms with E-state index in [1.165, 1.54) is 11.1 Å². The molecular weight excluding hydrogens is 110 g/mol. The summed E-state index contributed by atoms with van der Waals surface area (Å²) in [4.78, 5) is 0. The molecule has 0 fully saturated rings. The summed E-state index contributed by atoms with van der Waals surface area (Å²) in [5.41, 5.74) is 8.44. The fourth-order valence-corrected chi connectivity index (χ4v) is 1.30. The summed E-state index contributed by atoms with van der Waals surface area (Å²) in [6.07, 6.45) is 1.07. The predicted octanol–water partition coefficient (Wildman–Crippen LogP) is 1.24. The Hall–Kier alpha value is -0.820. The zero-order chi connectivity index (χ0) is 6.27. The van der Waals surface area contributed by atoms with Crippen LogP contribution in [0.2, 0.25) is 0 Å². The van der Waals surface area contributed by atoms with Crippen molar-refractivity contribution < 1.29 is 0 Å². The molecule has 1 unspecified atom stereocenters. The molecule has 1 aromatic carbocycles. The topological polar surface area (TPSA) is 26.0 Å². The number of hydrogen-bond donors (Lipinski definition) is 1. The van der Waals surface area contributed by atoms with Gasteiger partial charge >= 0.3 is 0 Å². The summed E-state index contributed by atoms with van der Waals surface area (Å²) < 4.78 is 0. The summed E-state index contributed by atoms with van der Waals surface area (Å²) in [6.45, 7) is 0. The van der Waals surface area contributed by atoms with E-state index in [1.807, 2.05) is 6.07 Å². The molecule has 0 radical (unpaired) electrons. The van der Waals surface area contributed by atoms with Gasteiger partial charge in [-0.3, -0.25) is 0 Å². The van der Waals surface area contributed by atoms with E-state index in [0.717, 1.165) is 6.42 Å². The predicted molar refractivity (Wildman–Crippen MR) is 37.1 cm³/mol. The van der Waals surface area contributed by atoms with Gasteiger partial charge in [-0.25, -0.2) is 0 Å². The molecule has 0 spiro atoms. The standard InChI is InChI=1S/C8H9N/c9-8-5-6-3-1-2-4-7(6)8/h1-4,8H,5,9H2. The summed E-state index contributed by atoms with van der Waals surface area (Å²) in [7, 11) is 0. The number of fused-ring (bicyclic) bond motifs is 1. The van der Waals surface area contributed by atoms with Crippen LogP contribution >= 0.6 is 0 Å². The second kappa shape index (κ2) is 1.58. The second-order valence-corrected chi connectivity index (χ2v) is 2.51. The molecule has 0 bridgehead atoms. The first-order valence-corrected chi connectivity index (χ1v) is 3.21. The Kier molecular flexibility index (Phi) is 0.878. The van der Waals surface area contributed by atoms with Crippen LogP contribution in [0, 0.1) is 0 Å². The highest BCUT2D eigenvalue weighted by Gasteiger charge is 2.20. The minimum Gasteiger partial charge on any atom is -0.324 e. The highest BCUT2D eigenvalue weighted by atomic mass is 14.7. The monoisotopic (exact) mass is 119 g/mol. The average molecular weight is 119 g/mol. The van der Waals surface area contributed by atoms with E-state index in [4.69, 9.17) is 5.73 Å². The van der Waals surface area contributed by atoms with Gasteiger partial charge in [-0.2, -0.15) is 0 Å². The van der Waals surface area contributed by atoms with Crippen LogP contribution in [-0.2, 0) is 6.42 Å². The highest BCUT2D eigenvalue weighted by molar-refractivity contribution is 5.38. The Bertz CT molecular complexity index is 230. The zero-order valence-corrected chi connectivity index (χ0v) is 5.17. The van der Waals surface area contributed by atoms with Crippen molar-refractivity contribution in [3.8, 4) is 0 Å². The molecular formula is C8H9N. The Morgan fingerprint density at radius 2 is 2.11 bits per heavy atom. The van der Waals surface area contributed by atoms with Crippen molar-refractivity contribution in [1.29, 1.82) is 0 Å². The summed E-state index contributed by atoms with van der Waals surface area (Å²) in [5.74, 6) is 0. The van der Waals surface area contributed by atoms with Gasteiger partial charge in [-0.05, 0) is 17.5 Å². The molecule has 1 atom stereocenters. The lowest BCUT2D eigenvalue weighted by molar-refractivity contribution is 0.636. The minimum absolute atomic E-state index is 0.321. The van der Waals surface area contributed by atoms with E-state index in [9.17, 15) is 0 Å². The first kappa shape index (κ1) is 5.00. The molecule has 9 heavy (non-hydrogen) atoms. The maximum Gasteiger partial charge on any atom is 0.0338 e. The Morgan fingerprint density at radius 3 is 2.67 bits per heavy atom. The largest absolute Gasteiger partial charge is 0.324 e. The van der Waals surface area contributed by atoms with Crippen LogP contribution in [0.5, 0.6) is 0 Å². The van der Waals surface area contributed by atoms with Crippen LogP contribution in [0.1, 0.15) is 17.2 Å². The van der Waals surface area contributed by atoms with E-state index in [1.54, 1.807) is 0 Å². The molecule has 1 aliphatic carbocycles. The van der Waals surface area contributed by atoms with Gasteiger partial charge in [-0.1, -0.05) is 24.3 Å². The zero-order valence-electron chi connectivity index (χ0n) is 5.17. The molecule has 46 valence electrons. The van der Waals surface area contributed by atoms with E-state index in [0.29, 0.717) is 6.04 Å². The van der Waals surface area contributed by atoms with Crippen molar-refractivity contribution in [3.05, 3.63) is 35.4 Å². The fraction of sp³-hybridized carbons (Fsp3) is 0.250. The summed E-state index contributed by atoms with van der Waals surface area (Å²) in [6, 6.07) is 8.66. The van der Waals surface area contributed by atoms with Crippen molar-refractivity contribution in [2.45, 2.75) is 12.5 Å². The Morgan fingerprint density at radius 1 is 1.33 bits per heavy atom. The van der Waals surface area contributed by atoms with Gasteiger partial charge in [0, 0.05) is 6.04 Å². The van der Waals surface area contributed by atoms with Gasteiger partial charge < -0.3 is 5.73 Å². The van der Waals surface area contributed by atoms with Crippen LogP contribution in [0.15, 0.2) is 24.3 Å². The Labute approximate surface area is 54.5 Å². The lowest BCUT2D eigenvalue weighted by Crippen LogP contribution is -2.24. The van der Waals surface area contributed by atoms with Crippen molar-refractivity contribution in [2.75, 3.05) is 0 Å². The third kappa shape index (κ3) is 0.583. The molecule has 2 rings (SSSR count). The quantitative estimate of drug-likeness (QED) is 0.546. The normalized spacial score (nSPS) is 22.6. The maximum absolute atomic E-state index is 5.69. The molecule has 0 saturated heterocycles. The van der Waals surface area contributed by atoms with Crippen molar-refractivity contribution in [2.24, 2.45) is 5.73 Å². The van der Waals surface area contributed by atoms with Crippen molar-refractivity contribution in [1.82, 2.24) is 0 Å². The maximum atomic E-state index is 5.69. The van der Waals surface area contributed by atoms with Gasteiger partial charge in [-0.15, -0.1) is 0 Å². The molecule has 2 N–H and O–H groups in total. The SMILES string of the molecule is NC1Cc2ccccc21. The van der Waals surface area contributed by atoms with Crippen LogP contribution in [-0.4, -0.2) is 0 Å². The molecule has 1 aliphatic rings. The smallest absolute Gasteiger partial charge is 0.0338 e. The van der Waals surface area contributed by atoms with Crippen LogP contribution in [0.3, 0.4) is 0 Å². The first-order valence-electron chi connectivity index (χ1n) is 3.21. The van der Waals surface area contributed by atoms with Gasteiger partial charge in [0.05, 0.1) is 0 Å². The third-order valence-corrected chi connectivity index (χ3v) is 1.89. The van der Waals surface area contributed by atoms with Crippen LogP contribution < -0.4 is 5.73 Å². The average Bonchev–Trinajstić information content (AvgIpc) is 1.86. The number of rotatable bonds is 0. The Balaban J connectivity index is 2.51. The molecule has 1 aromatic rings. The van der Waals surface area contributed by atoms with Gasteiger partial charge in [0.2, 0.25) is 0 Å². The van der Waals surface area contributed by atoms with Gasteiger partial charge in [0.1, 0.15) is 0 Å². The summed E-state index contributed by atoms with van der Waals surface area (Å²) >= 11 is 0. The van der Waals surface area contributed by atoms with E-state index in [2.05, 4.69) is 18.2 Å². The summed E-state index contributed by atoms with van der Waals surface area (Å²) in [5, 5.41) is 0. The van der Waals surface area contributed by atoms with Gasteiger partial charge in [0.15, 0.2) is 0 Å². The molecule has 0 saturated carbocycles. The minimum atomic E-state index is 0.321. The molecule has 0 heterocycles. The van der Waals surface area contributed by atoms with E-state index < -0.39 is 0 Å². The molecule has 1 nitrogen and oxygen atoms in total. The number of hydrogen-bond acceptors (Lipinski definition) is 1. The first-order chi connectivity index (χ1) is 4.38. The fourth-order valence-electron chi connectivity index (χ4n) is 1.30. The van der Waals surface area contributed by atoms with Crippen LogP contribution in [0.4, 0.5) is 0 Å².